The van der Waals surface area contributed by atoms with Gasteiger partial charge in [0.15, 0.2) is 5.82 Å². The maximum atomic E-state index is 14.2. The van der Waals surface area contributed by atoms with E-state index in [1.165, 1.54) is 18.3 Å². The number of methoxy groups -OCH3 is 1. The Bertz CT molecular complexity index is 2690. The lowest BCUT2D eigenvalue weighted by molar-refractivity contribution is -0.145. The SMILES string of the molecule is COc1ccccc1-c1nccc(COc2ccccc2CC(Oc2ccnc3nc(-c4ccc(F)cc4)c(-c4ccc(OCCN5CCN(C)CC5)c(Cl)c4C)n23)C(=O)O)n1. The van der Waals surface area contributed by atoms with Gasteiger partial charge in [0, 0.05) is 68.7 Å². The third kappa shape index (κ3) is 9.32. The highest BCUT2D eigenvalue weighted by Crippen LogP contribution is 2.41. The summed E-state index contributed by atoms with van der Waals surface area (Å²) in [5, 5.41) is 11.0. The molecule has 318 valence electrons. The number of likely N-dealkylation sites (N-methyl/N-ethyl adjacent to an activating group) is 1. The number of benzene rings is 4. The summed E-state index contributed by atoms with van der Waals surface area (Å²) in [5.41, 5.74) is 4.95. The minimum absolute atomic E-state index is 0.0502. The Kier molecular flexibility index (Phi) is 12.9. The van der Waals surface area contributed by atoms with Crippen molar-refractivity contribution in [2.75, 3.05) is 53.5 Å². The number of carbonyl (C=O) groups is 1. The number of piperazine rings is 1. The lowest BCUT2D eigenvalue weighted by Gasteiger charge is -2.32. The van der Waals surface area contributed by atoms with Crippen molar-refractivity contribution in [3.05, 3.63) is 137 Å². The lowest BCUT2D eigenvalue weighted by atomic mass is 10.0. The first-order valence-corrected chi connectivity index (χ1v) is 20.6. The molecule has 1 N–H and O–H groups in total. The van der Waals surface area contributed by atoms with Crippen molar-refractivity contribution in [2.24, 2.45) is 0 Å². The summed E-state index contributed by atoms with van der Waals surface area (Å²) in [6.45, 7) is 7.20. The molecule has 0 amide bonds. The zero-order valence-electron chi connectivity index (χ0n) is 34.5. The Morgan fingerprint density at radius 3 is 2.35 bits per heavy atom. The molecule has 8 rings (SSSR count). The largest absolute Gasteiger partial charge is 0.496 e. The minimum Gasteiger partial charge on any atom is -0.496 e. The third-order valence-corrected chi connectivity index (χ3v) is 11.3. The van der Waals surface area contributed by atoms with Gasteiger partial charge in [-0.2, -0.15) is 0 Å². The maximum absolute atomic E-state index is 14.2. The summed E-state index contributed by atoms with van der Waals surface area (Å²) < 4.78 is 40.2. The number of carboxylic acid groups (broad SMARTS) is 1. The van der Waals surface area contributed by atoms with E-state index in [4.69, 9.17) is 40.5 Å². The number of hydrogen-bond acceptors (Lipinski definition) is 11. The molecule has 13 nitrogen and oxygen atoms in total. The van der Waals surface area contributed by atoms with Crippen LogP contribution in [0.15, 0.2) is 109 Å². The standard InChI is InChI=1S/C47H45ClFN7O6/c1-30-35(16-17-39(42(30)48)60-27-26-55-24-22-54(2)23-25-55)44-43(31-12-14-33(49)15-13-31)53-47-51-21-19-41(56(44)47)62-40(46(57)58)28-32-8-4-6-10-37(32)61-29-34-18-20-50-45(52-34)36-9-5-7-11-38(36)59-3/h4-21,40H,22-29H2,1-3H3,(H,57,58). The van der Waals surface area contributed by atoms with Crippen molar-refractivity contribution in [3.8, 4) is 57.0 Å². The highest BCUT2D eigenvalue weighted by Gasteiger charge is 2.27. The van der Waals surface area contributed by atoms with Crippen molar-refractivity contribution in [3.63, 3.8) is 0 Å². The number of fused-ring (bicyclic) bond motifs is 1. The molecule has 0 bridgehead atoms. The molecule has 4 aromatic carbocycles. The normalized spacial score (nSPS) is 13.8. The maximum Gasteiger partial charge on any atom is 0.345 e. The first kappa shape index (κ1) is 42.1. The molecule has 7 aromatic rings. The second-order valence-corrected chi connectivity index (χ2v) is 15.3. The van der Waals surface area contributed by atoms with Crippen LogP contribution in [0.4, 0.5) is 4.39 Å². The summed E-state index contributed by atoms with van der Waals surface area (Å²) in [6, 6.07) is 27.7. The fraction of sp³-hybridized carbons (Fsp3) is 0.255. The molecule has 62 heavy (non-hydrogen) atoms. The summed E-state index contributed by atoms with van der Waals surface area (Å²) in [7, 11) is 3.72. The second kappa shape index (κ2) is 19.0. The Morgan fingerprint density at radius 2 is 1.58 bits per heavy atom. The van der Waals surface area contributed by atoms with E-state index in [1.807, 2.05) is 55.5 Å². The number of hydrogen-bond donors (Lipinski definition) is 1. The number of aliphatic carboxylic acids is 1. The molecule has 0 aliphatic carbocycles. The number of nitrogens with zero attached hydrogens (tertiary/aromatic N) is 7. The van der Waals surface area contributed by atoms with Crippen molar-refractivity contribution in [2.45, 2.75) is 26.1 Å². The fourth-order valence-electron chi connectivity index (χ4n) is 7.41. The van der Waals surface area contributed by atoms with Crippen LogP contribution >= 0.6 is 11.6 Å². The van der Waals surface area contributed by atoms with Crippen LogP contribution in [-0.2, 0) is 17.8 Å². The summed E-state index contributed by atoms with van der Waals surface area (Å²) in [5.74, 6) is 0.955. The van der Waals surface area contributed by atoms with Crippen LogP contribution in [0, 0.1) is 12.7 Å². The van der Waals surface area contributed by atoms with Crippen molar-refractivity contribution < 1.29 is 33.2 Å². The Morgan fingerprint density at radius 1 is 0.839 bits per heavy atom. The van der Waals surface area contributed by atoms with E-state index in [0.29, 0.717) is 74.0 Å². The number of halogens is 2. The number of carboxylic acids is 1. The van der Waals surface area contributed by atoms with Crippen LogP contribution < -0.4 is 18.9 Å². The van der Waals surface area contributed by atoms with Gasteiger partial charge in [-0.3, -0.25) is 4.90 Å². The van der Waals surface area contributed by atoms with Crippen LogP contribution in [0.5, 0.6) is 23.1 Å². The third-order valence-electron chi connectivity index (χ3n) is 10.8. The molecule has 1 atom stereocenters. The predicted molar refractivity (Wildman–Crippen MR) is 234 cm³/mol. The molecule has 1 fully saturated rings. The van der Waals surface area contributed by atoms with Gasteiger partial charge in [0.25, 0.3) is 0 Å². The van der Waals surface area contributed by atoms with E-state index in [0.717, 1.165) is 38.3 Å². The molecular formula is C47H45ClFN7O6. The quantitative estimate of drug-likeness (QED) is 0.101. The zero-order chi connectivity index (χ0) is 43.2. The van der Waals surface area contributed by atoms with Gasteiger partial charge in [0.2, 0.25) is 17.8 Å². The first-order chi connectivity index (χ1) is 30.2. The van der Waals surface area contributed by atoms with Crippen molar-refractivity contribution in [1.29, 1.82) is 0 Å². The predicted octanol–water partition coefficient (Wildman–Crippen LogP) is 7.91. The first-order valence-electron chi connectivity index (χ1n) is 20.2. The van der Waals surface area contributed by atoms with Gasteiger partial charge >= 0.3 is 5.97 Å². The topological polar surface area (TPSA) is 137 Å². The Labute approximate surface area is 363 Å². The van der Waals surface area contributed by atoms with Crippen LogP contribution in [0.2, 0.25) is 5.02 Å². The van der Waals surface area contributed by atoms with Gasteiger partial charge in [0.05, 0.1) is 34.8 Å². The number of rotatable bonds is 16. The van der Waals surface area contributed by atoms with Crippen LogP contribution in [0.1, 0.15) is 16.8 Å². The van der Waals surface area contributed by atoms with E-state index in [9.17, 15) is 14.3 Å². The number of aromatic nitrogens is 5. The molecule has 0 radical (unpaired) electrons. The smallest absolute Gasteiger partial charge is 0.345 e. The van der Waals surface area contributed by atoms with E-state index in [-0.39, 0.29) is 24.7 Å². The Balaban J connectivity index is 1.08. The monoisotopic (exact) mass is 857 g/mol. The average Bonchev–Trinajstić information content (AvgIpc) is 3.68. The van der Waals surface area contributed by atoms with Crippen LogP contribution in [0.3, 0.4) is 0 Å². The molecule has 1 aliphatic heterocycles. The van der Waals surface area contributed by atoms with Gasteiger partial charge in [-0.25, -0.2) is 33.5 Å². The summed E-state index contributed by atoms with van der Waals surface area (Å²) in [4.78, 5) is 36.2. The molecule has 1 unspecified atom stereocenters. The van der Waals surface area contributed by atoms with Gasteiger partial charge in [-0.05, 0) is 85.8 Å². The van der Waals surface area contributed by atoms with E-state index < -0.39 is 17.9 Å². The van der Waals surface area contributed by atoms with Gasteiger partial charge < -0.3 is 29.0 Å². The van der Waals surface area contributed by atoms with E-state index in [1.54, 1.807) is 54.1 Å². The van der Waals surface area contributed by atoms with Gasteiger partial charge in [-0.1, -0.05) is 41.9 Å². The lowest BCUT2D eigenvalue weighted by Crippen LogP contribution is -2.45. The van der Waals surface area contributed by atoms with Crippen LogP contribution in [0.25, 0.3) is 39.7 Å². The van der Waals surface area contributed by atoms with Crippen LogP contribution in [-0.4, -0.2) is 105 Å². The molecule has 3 aromatic heterocycles. The molecule has 0 saturated carbocycles. The van der Waals surface area contributed by atoms with Gasteiger partial charge in [-0.15, -0.1) is 0 Å². The molecular weight excluding hydrogens is 813 g/mol. The average molecular weight is 858 g/mol. The molecule has 4 heterocycles. The van der Waals surface area contributed by atoms with Gasteiger partial charge in [0.1, 0.15) is 36.3 Å². The molecule has 0 spiro atoms. The second-order valence-electron chi connectivity index (χ2n) is 14.9. The van der Waals surface area contributed by atoms with E-state index in [2.05, 4.69) is 26.8 Å². The fourth-order valence-corrected chi connectivity index (χ4v) is 7.62. The molecule has 15 heteroatoms. The molecule has 1 saturated heterocycles. The number of para-hydroxylation sites is 2. The highest BCUT2D eigenvalue weighted by atomic mass is 35.5. The molecule has 1 aliphatic rings. The summed E-state index contributed by atoms with van der Waals surface area (Å²) in [6.07, 6.45) is 1.74. The summed E-state index contributed by atoms with van der Waals surface area (Å²) >= 11 is 7.04. The van der Waals surface area contributed by atoms with Crippen molar-refractivity contribution >= 4 is 23.3 Å². The highest BCUT2D eigenvalue weighted by molar-refractivity contribution is 6.33. The number of ether oxygens (including phenoxy) is 4. The minimum atomic E-state index is -1.37. The zero-order valence-corrected chi connectivity index (χ0v) is 35.3. The Hall–Kier alpha value is -6.61. The van der Waals surface area contributed by atoms with E-state index >= 15 is 0 Å². The number of imidazole rings is 1. The van der Waals surface area contributed by atoms with Crippen molar-refractivity contribution in [1.82, 2.24) is 34.1 Å².